The van der Waals surface area contributed by atoms with Gasteiger partial charge in [-0.1, -0.05) is 6.92 Å². The Labute approximate surface area is 127 Å². The Morgan fingerprint density at radius 2 is 2.10 bits per heavy atom. The molecule has 0 saturated carbocycles. The van der Waals surface area contributed by atoms with E-state index in [-0.39, 0.29) is 6.10 Å². The molecule has 1 aromatic carbocycles. The van der Waals surface area contributed by atoms with Gasteiger partial charge in [0.1, 0.15) is 5.75 Å². The van der Waals surface area contributed by atoms with Crippen molar-refractivity contribution >= 4 is 5.69 Å². The maximum absolute atomic E-state index is 5.71. The molecule has 4 nitrogen and oxygen atoms in total. The van der Waals surface area contributed by atoms with Crippen molar-refractivity contribution in [3.8, 4) is 5.75 Å². The quantitative estimate of drug-likeness (QED) is 0.836. The molecule has 0 aliphatic heterocycles. The molecule has 0 aliphatic carbocycles. The summed E-state index contributed by atoms with van der Waals surface area (Å²) in [4.78, 5) is 0. The average molecular weight is 287 g/mol. The van der Waals surface area contributed by atoms with Crippen molar-refractivity contribution in [3.05, 3.63) is 41.7 Å². The number of nitrogens with zero attached hydrogens (tertiary/aromatic N) is 2. The van der Waals surface area contributed by atoms with Crippen molar-refractivity contribution in [2.45, 2.75) is 53.3 Å². The van der Waals surface area contributed by atoms with Crippen LogP contribution < -0.4 is 10.1 Å². The van der Waals surface area contributed by atoms with E-state index in [0.29, 0.717) is 0 Å². The van der Waals surface area contributed by atoms with E-state index in [4.69, 9.17) is 4.74 Å². The van der Waals surface area contributed by atoms with Gasteiger partial charge < -0.3 is 10.1 Å². The normalized spacial score (nSPS) is 10.9. The van der Waals surface area contributed by atoms with Gasteiger partial charge in [0.2, 0.25) is 0 Å². The first-order valence-corrected chi connectivity index (χ1v) is 7.62. The van der Waals surface area contributed by atoms with Crippen LogP contribution in [0.2, 0.25) is 0 Å². The monoisotopic (exact) mass is 287 g/mol. The summed E-state index contributed by atoms with van der Waals surface area (Å²) in [6.07, 6.45) is 3.15. The number of hydrogen-bond donors (Lipinski definition) is 1. The lowest BCUT2D eigenvalue weighted by molar-refractivity contribution is 0.242. The molecule has 4 heteroatoms. The van der Waals surface area contributed by atoms with E-state index in [1.807, 2.05) is 26.1 Å². The molecule has 0 radical (unpaired) electrons. The Hall–Kier alpha value is -1.97. The average Bonchev–Trinajstić information content (AvgIpc) is 2.85. The fourth-order valence-electron chi connectivity index (χ4n) is 2.29. The maximum Gasteiger partial charge on any atom is 0.120 e. The highest BCUT2D eigenvalue weighted by molar-refractivity contribution is 5.53. The number of anilines is 1. The van der Waals surface area contributed by atoms with E-state index in [9.17, 15) is 0 Å². The Morgan fingerprint density at radius 1 is 1.29 bits per heavy atom. The second kappa shape index (κ2) is 7.16. The first kappa shape index (κ1) is 15.4. The number of aryl methyl sites for hydroxylation is 2. The van der Waals surface area contributed by atoms with Crippen LogP contribution in [0, 0.1) is 6.92 Å². The molecule has 0 fully saturated rings. The smallest absolute Gasteiger partial charge is 0.120 e. The summed E-state index contributed by atoms with van der Waals surface area (Å²) in [5.41, 5.74) is 3.53. The van der Waals surface area contributed by atoms with Crippen LogP contribution in [-0.2, 0) is 13.1 Å². The van der Waals surface area contributed by atoms with Gasteiger partial charge in [0.15, 0.2) is 0 Å². The van der Waals surface area contributed by atoms with Gasteiger partial charge in [-0.25, -0.2) is 0 Å². The molecule has 0 bridgehead atoms. The summed E-state index contributed by atoms with van der Waals surface area (Å²) < 4.78 is 7.76. The molecule has 0 unspecified atom stereocenters. The zero-order chi connectivity index (χ0) is 15.2. The first-order valence-electron chi connectivity index (χ1n) is 7.62. The lowest BCUT2D eigenvalue weighted by Crippen LogP contribution is -2.10. The molecule has 0 amide bonds. The zero-order valence-electron chi connectivity index (χ0n) is 13.4. The van der Waals surface area contributed by atoms with Gasteiger partial charge in [0.05, 0.1) is 18.3 Å². The second-order valence-corrected chi connectivity index (χ2v) is 5.54. The van der Waals surface area contributed by atoms with Gasteiger partial charge in [-0.3, -0.25) is 4.68 Å². The van der Waals surface area contributed by atoms with Crippen LogP contribution in [0.15, 0.2) is 30.5 Å². The van der Waals surface area contributed by atoms with Crippen molar-refractivity contribution in [3.63, 3.8) is 0 Å². The lowest BCUT2D eigenvalue weighted by Gasteiger charge is -2.14. The van der Waals surface area contributed by atoms with Gasteiger partial charge in [-0.15, -0.1) is 0 Å². The predicted octanol–water partition coefficient (Wildman–Crippen LogP) is 4.00. The number of ether oxygens (including phenoxy) is 1. The predicted molar refractivity (Wildman–Crippen MR) is 86.8 cm³/mol. The van der Waals surface area contributed by atoms with Crippen LogP contribution in [0.25, 0.3) is 0 Å². The molecule has 0 saturated heterocycles. The summed E-state index contributed by atoms with van der Waals surface area (Å²) in [6, 6.07) is 8.23. The molecule has 0 atom stereocenters. The summed E-state index contributed by atoms with van der Waals surface area (Å²) in [5, 5.41) is 7.82. The molecule has 1 N–H and O–H groups in total. The SMILES string of the molecule is CCCn1nccc1CNc1ccc(OC(C)C)cc1C. The van der Waals surface area contributed by atoms with E-state index >= 15 is 0 Å². The Kier molecular flexibility index (Phi) is 5.26. The largest absolute Gasteiger partial charge is 0.491 e. The third-order valence-corrected chi connectivity index (χ3v) is 3.27. The van der Waals surface area contributed by atoms with Crippen LogP contribution >= 0.6 is 0 Å². The van der Waals surface area contributed by atoms with Crippen LogP contribution in [0.1, 0.15) is 38.4 Å². The summed E-state index contributed by atoms with van der Waals surface area (Å²) in [6.45, 7) is 10.1. The van der Waals surface area contributed by atoms with Crippen LogP contribution in [0.5, 0.6) is 5.75 Å². The van der Waals surface area contributed by atoms with Gasteiger partial charge in [-0.05, 0) is 57.0 Å². The third kappa shape index (κ3) is 4.25. The molecule has 2 aromatic rings. The maximum atomic E-state index is 5.71. The lowest BCUT2D eigenvalue weighted by atomic mass is 10.2. The highest BCUT2D eigenvalue weighted by Gasteiger charge is 2.05. The number of benzene rings is 1. The molecule has 1 aromatic heterocycles. The fourth-order valence-corrected chi connectivity index (χ4v) is 2.29. The topological polar surface area (TPSA) is 39.1 Å². The molecule has 2 rings (SSSR count). The van der Waals surface area contributed by atoms with Crippen molar-refractivity contribution in [2.75, 3.05) is 5.32 Å². The third-order valence-electron chi connectivity index (χ3n) is 3.27. The van der Waals surface area contributed by atoms with E-state index in [1.54, 1.807) is 0 Å². The molecular weight excluding hydrogens is 262 g/mol. The highest BCUT2D eigenvalue weighted by Crippen LogP contribution is 2.22. The molecular formula is C17H25N3O. The van der Waals surface area contributed by atoms with Crippen molar-refractivity contribution in [1.82, 2.24) is 9.78 Å². The summed E-state index contributed by atoms with van der Waals surface area (Å²) >= 11 is 0. The van der Waals surface area contributed by atoms with Gasteiger partial charge in [0, 0.05) is 18.4 Å². The van der Waals surface area contributed by atoms with Crippen molar-refractivity contribution < 1.29 is 4.74 Å². The Morgan fingerprint density at radius 3 is 2.76 bits per heavy atom. The molecule has 114 valence electrons. The summed E-state index contributed by atoms with van der Waals surface area (Å²) in [7, 11) is 0. The number of aromatic nitrogens is 2. The van der Waals surface area contributed by atoms with Crippen LogP contribution in [-0.4, -0.2) is 15.9 Å². The zero-order valence-corrected chi connectivity index (χ0v) is 13.4. The minimum Gasteiger partial charge on any atom is -0.491 e. The standard InChI is InChI=1S/C17H25N3O/c1-5-10-20-15(8-9-19-20)12-18-17-7-6-16(11-14(17)4)21-13(2)3/h6-9,11,13,18H,5,10,12H2,1-4H3. The minimum atomic E-state index is 0.201. The molecule has 0 spiro atoms. The van der Waals surface area contributed by atoms with E-state index in [0.717, 1.165) is 30.9 Å². The van der Waals surface area contributed by atoms with Gasteiger partial charge in [-0.2, -0.15) is 5.10 Å². The van der Waals surface area contributed by atoms with E-state index in [2.05, 4.69) is 47.1 Å². The highest BCUT2D eigenvalue weighted by atomic mass is 16.5. The molecule has 1 heterocycles. The van der Waals surface area contributed by atoms with Crippen molar-refractivity contribution in [1.29, 1.82) is 0 Å². The Balaban J connectivity index is 2.01. The molecule has 21 heavy (non-hydrogen) atoms. The van der Waals surface area contributed by atoms with Crippen LogP contribution in [0.4, 0.5) is 5.69 Å². The molecule has 0 aliphatic rings. The Bertz CT molecular complexity index is 575. The number of nitrogens with one attached hydrogen (secondary N) is 1. The van der Waals surface area contributed by atoms with E-state index < -0.39 is 0 Å². The second-order valence-electron chi connectivity index (χ2n) is 5.54. The van der Waals surface area contributed by atoms with Crippen LogP contribution in [0.3, 0.4) is 0 Å². The number of hydrogen-bond acceptors (Lipinski definition) is 3. The van der Waals surface area contributed by atoms with Gasteiger partial charge in [0.25, 0.3) is 0 Å². The number of rotatable bonds is 7. The summed E-state index contributed by atoms with van der Waals surface area (Å²) in [5.74, 6) is 0.920. The minimum absolute atomic E-state index is 0.201. The van der Waals surface area contributed by atoms with Gasteiger partial charge >= 0.3 is 0 Å². The van der Waals surface area contributed by atoms with E-state index in [1.165, 1.54) is 11.3 Å². The first-order chi connectivity index (χ1) is 10.1. The fraction of sp³-hybridized carbons (Fsp3) is 0.471. The van der Waals surface area contributed by atoms with Crippen molar-refractivity contribution in [2.24, 2.45) is 0 Å².